The summed E-state index contributed by atoms with van der Waals surface area (Å²) in [6.07, 6.45) is 1.68. The molecule has 0 atom stereocenters. The zero-order valence-electron chi connectivity index (χ0n) is 12.3. The van der Waals surface area contributed by atoms with E-state index >= 15 is 0 Å². The van der Waals surface area contributed by atoms with Crippen LogP contribution in [0, 0.1) is 0 Å². The molecule has 0 radical (unpaired) electrons. The molecular formula is C16H14N2O4S. The Kier molecular flexibility index (Phi) is 4.03. The number of carbonyl (C=O) groups excluding carboxylic acids is 2. The molecule has 2 amide bonds. The van der Waals surface area contributed by atoms with Crippen molar-refractivity contribution in [2.75, 3.05) is 12.4 Å². The fraction of sp³-hybridized carbons (Fsp3) is 0.125. The van der Waals surface area contributed by atoms with Gasteiger partial charge in [0.25, 0.3) is 5.91 Å². The van der Waals surface area contributed by atoms with Crippen molar-refractivity contribution in [2.45, 2.75) is 6.42 Å². The molecule has 6 nitrogen and oxygen atoms in total. The molecule has 0 unspecified atom stereocenters. The van der Waals surface area contributed by atoms with Gasteiger partial charge >= 0.3 is 0 Å². The van der Waals surface area contributed by atoms with Crippen LogP contribution < -0.4 is 15.8 Å². The summed E-state index contributed by atoms with van der Waals surface area (Å²) in [6.45, 7) is 0. The highest BCUT2D eigenvalue weighted by Gasteiger charge is 2.15. The smallest absolute Gasteiger partial charge is 0.251 e. The molecule has 3 N–H and O–H groups in total. The predicted octanol–water partition coefficient (Wildman–Crippen LogP) is 2.78. The summed E-state index contributed by atoms with van der Waals surface area (Å²) >= 11 is 1.25. The van der Waals surface area contributed by atoms with Crippen molar-refractivity contribution >= 4 is 39.1 Å². The molecular weight excluding hydrogens is 316 g/mol. The maximum absolute atomic E-state index is 12.2. The first-order valence-corrected chi connectivity index (χ1v) is 7.67. The summed E-state index contributed by atoms with van der Waals surface area (Å²) in [5.41, 5.74) is 6.99. The van der Waals surface area contributed by atoms with Gasteiger partial charge in [-0.05, 0) is 23.6 Å². The van der Waals surface area contributed by atoms with E-state index in [-0.39, 0.29) is 12.3 Å². The lowest BCUT2D eigenvalue weighted by Gasteiger charge is -2.04. The first kappa shape index (κ1) is 15.1. The minimum absolute atomic E-state index is 0.134. The number of rotatable bonds is 5. The SMILES string of the molecule is COc1ccc2c(CC(=O)Nc3sccc3C(N)=O)coc2c1. The van der Waals surface area contributed by atoms with Gasteiger partial charge in [-0.25, -0.2) is 0 Å². The van der Waals surface area contributed by atoms with Gasteiger partial charge in [-0.1, -0.05) is 0 Å². The Morgan fingerprint density at radius 3 is 2.91 bits per heavy atom. The molecule has 2 aromatic heterocycles. The summed E-state index contributed by atoms with van der Waals surface area (Å²) in [6, 6.07) is 7.01. The molecule has 0 saturated carbocycles. The van der Waals surface area contributed by atoms with Gasteiger partial charge in [0.15, 0.2) is 0 Å². The molecule has 7 heteroatoms. The van der Waals surface area contributed by atoms with Crippen LogP contribution in [0.25, 0.3) is 11.0 Å². The summed E-state index contributed by atoms with van der Waals surface area (Å²) in [4.78, 5) is 23.5. The van der Waals surface area contributed by atoms with Crippen molar-refractivity contribution in [1.29, 1.82) is 0 Å². The van der Waals surface area contributed by atoms with Crippen LogP contribution in [-0.2, 0) is 11.2 Å². The van der Waals surface area contributed by atoms with Crippen LogP contribution in [0.15, 0.2) is 40.3 Å². The second kappa shape index (κ2) is 6.13. The fourth-order valence-electron chi connectivity index (χ4n) is 2.27. The second-order valence-electron chi connectivity index (χ2n) is 4.88. The molecule has 0 bridgehead atoms. The topological polar surface area (TPSA) is 94.6 Å². The van der Waals surface area contributed by atoms with Crippen molar-refractivity contribution in [3.8, 4) is 5.75 Å². The van der Waals surface area contributed by atoms with Crippen LogP contribution in [0.3, 0.4) is 0 Å². The molecule has 118 valence electrons. The highest BCUT2D eigenvalue weighted by molar-refractivity contribution is 7.14. The minimum atomic E-state index is -0.567. The summed E-state index contributed by atoms with van der Waals surface area (Å²) < 4.78 is 10.6. The van der Waals surface area contributed by atoms with Gasteiger partial charge in [0, 0.05) is 17.0 Å². The molecule has 2 heterocycles. The van der Waals surface area contributed by atoms with Gasteiger partial charge < -0.3 is 20.2 Å². The van der Waals surface area contributed by atoms with Crippen molar-refractivity contribution in [3.05, 3.63) is 47.0 Å². The standard InChI is InChI=1S/C16H14N2O4S/c1-21-10-2-3-11-9(8-22-13(11)7-10)6-14(19)18-16-12(15(17)20)4-5-23-16/h2-5,7-8H,6H2,1H3,(H2,17,20)(H,18,19). The molecule has 0 saturated heterocycles. The lowest BCUT2D eigenvalue weighted by Crippen LogP contribution is -2.17. The second-order valence-corrected chi connectivity index (χ2v) is 5.79. The van der Waals surface area contributed by atoms with Gasteiger partial charge in [-0.3, -0.25) is 9.59 Å². The number of nitrogens with one attached hydrogen (secondary N) is 1. The Hall–Kier alpha value is -2.80. The highest BCUT2D eigenvalue weighted by Crippen LogP contribution is 2.27. The molecule has 0 fully saturated rings. The number of furan rings is 1. The maximum atomic E-state index is 12.2. The average molecular weight is 330 g/mol. The van der Waals surface area contributed by atoms with Crippen molar-refractivity contribution in [1.82, 2.24) is 0 Å². The first-order valence-electron chi connectivity index (χ1n) is 6.79. The van der Waals surface area contributed by atoms with Gasteiger partial charge in [0.2, 0.25) is 5.91 Å². The lowest BCUT2D eigenvalue weighted by atomic mass is 10.1. The number of methoxy groups -OCH3 is 1. The monoisotopic (exact) mass is 330 g/mol. The van der Waals surface area contributed by atoms with Crippen molar-refractivity contribution in [2.24, 2.45) is 5.73 Å². The molecule has 0 aliphatic rings. The Morgan fingerprint density at radius 1 is 1.35 bits per heavy atom. The zero-order valence-corrected chi connectivity index (χ0v) is 13.1. The van der Waals surface area contributed by atoms with Crippen LogP contribution in [0.1, 0.15) is 15.9 Å². The van der Waals surface area contributed by atoms with E-state index in [1.807, 2.05) is 12.1 Å². The van der Waals surface area contributed by atoms with E-state index in [1.54, 1.807) is 30.9 Å². The van der Waals surface area contributed by atoms with Crippen molar-refractivity contribution < 1.29 is 18.7 Å². The number of amides is 2. The number of thiophene rings is 1. The molecule has 1 aromatic carbocycles. The largest absolute Gasteiger partial charge is 0.497 e. The minimum Gasteiger partial charge on any atom is -0.497 e. The van der Waals surface area contributed by atoms with Crippen LogP contribution in [0.5, 0.6) is 5.75 Å². The summed E-state index contributed by atoms with van der Waals surface area (Å²) in [5, 5.41) is 5.72. The number of primary amides is 1. The van der Waals surface area contributed by atoms with E-state index in [4.69, 9.17) is 14.9 Å². The number of ether oxygens (including phenoxy) is 1. The van der Waals surface area contributed by atoms with Gasteiger partial charge in [0.1, 0.15) is 16.3 Å². The van der Waals surface area contributed by atoms with E-state index < -0.39 is 5.91 Å². The molecule has 0 spiro atoms. The fourth-order valence-corrected chi connectivity index (χ4v) is 3.08. The Balaban J connectivity index is 1.78. The molecule has 3 rings (SSSR count). The molecule has 23 heavy (non-hydrogen) atoms. The number of anilines is 1. The number of fused-ring (bicyclic) bond motifs is 1. The first-order chi connectivity index (χ1) is 11.1. The van der Waals surface area contributed by atoms with Crippen molar-refractivity contribution in [3.63, 3.8) is 0 Å². The maximum Gasteiger partial charge on any atom is 0.251 e. The molecule has 0 aliphatic carbocycles. The van der Waals surface area contributed by atoms with E-state index in [0.717, 1.165) is 10.9 Å². The van der Waals surface area contributed by atoms with Gasteiger partial charge in [-0.2, -0.15) is 0 Å². The third-order valence-electron chi connectivity index (χ3n) is 3.40. The zero-order chi connectivity index (χ0) is 16.4. The highest BCUT2D eigenvalue weighted by atomic mass is 32.1. The summed E-state index contributed by atoms with van der Waals surface area (Å²) in [5.74, 6) is -0.122. The van der Waals surface area contributed by atoms with Gasteiger partial charge in [-0.15, -0.1) is 11.3 Å². The van der Waals surface area contributed by atoms with Crippen LogP contribution >= 0.6 is 11.3 Å². The third-order valence-corrected chi connectivity index (χ3v) is 4.23. The van der Waals surface area contributed by atoms with E-state index in [1.165, 1.54) is 11.3 Å². The number of hydrogen-bond donors (Lipinski definition) is 2. The normalized spacial score (nSPS) is 10.7. The number of benzene rings is 1. The Morgan fingerprint density at radius 2 is 2.17 bits per heavy atom. The summed E-state index contributed by atoms with van der Waals surface area (Å²) in [7, 11) is 1.58. The Bertz CT molecular complexity index is 881. The molecule has 3 aromatic rings. The lowest BCUT2D eigenvalue weighted by molar-refractivity contribution is -0.115. The molecule has 0 aliphatic heterocycles. The van der Waals surface area contributed by atoms with Crippen LogP contribution in [0.2, 0.25) is 0 Å². The van der Waals surface area contributed by atoms with E-state index in [9.17, 15) is 9.59 Å². The quantitative estimate of drug-likeness (QED) is 0.752. The number of carbonyl (C=O) groups is 2. The van der Waals surface area contributed by atoms with E-state index in [2.05, 4.69) is 5.32 Å². The predicted molar refractivity (Wildman–Crippen MR) is 87.9 cm³/mol. The Labute approximate surface area is 135 Å². The average Bonchev–Trinajstić information content (AvgIpc) is 3.14. The van der Waals surface area contributed by atoms with Gasteiger partial charge in [0.05, 0.1) is 25.4 Å². The van der Waals surface area contributed by atoms with Crippen LogP contribution in [-0.4, -0.2) is 18.9 Å². The number of nitrogens with two attached hydrogens (primary N) is 1. The van der Waals surface area contributed by atoms with E-state index in [0.29, 0.717) is 21.9 Å². The number of hydrogen-bond acceptors (Lipinski definition) is 5. The third kappa shape index (κ3) is 3.04. The van der Waals surface area contributed by atoms with Crippen LogP contribution in [0.4, 0.5) is 5.00 Å².